The summed E-state index contributed by atoms with van der Waals surface area (Å²) < 4.78 is 35.0. The number of nitrogens with zero attached hydrogens (tertiary/aromatic N) is 1. The van der Waals surface area contributed by atoms with Gasteiger partial charge in [-0.15, -0.1) is 0 Å². The second-order valence-electron chi connectivity index (χ2n) is 7.63. The Morgan fingerprint density at radius 2 is 1.52 bits per heavy atom. The minimum Gasteiger partial charge on any atom is -0.365 e. The fourth-order valence-electron chi connectivity index (χ4n) is 3.55. The molecule has 3 aromatic rings. The molecular formula is C26H25NO3S. The maximum Gasteiger partial charge on any atom is 0.264 e. The van der Waals surface area contributed by atoms with Crippen LogP contribution < -0.4 is 0 Å². The van der Waals surface area contributed by atoms with E-state index in [1.165, 1.54) is 4.31 Å². The molecule has 1 atom stereocenters. The Bertz CT molecular complexity index is 1180. The lowest BCUT2D eigenvalue weighted by atomic mass is 10.0. The molecule has 4 nitrogen and oxygen atoms in total. The van der Waals surface area contributed by atoms with Crippen LogP contribution in [0.1, 0.15) is 22.8 Å². The predicted octanol–water partition coefficient (Wildman–Crippen LogP) is 5.35. The number of aryl methyl sites for hydroxylation is 1. The van der Waals surface area contributed by atoms with Crippen molar-refractivity contribution in [1.82, 2.24) is 4.31 Å². The first-order chi connectivity index (χ1) is 14.9. The molecule has 0 aliphatic carbocycles. The number of hydrogen-bond donors (Lipinski definition) is 0. The van der Waals surface area contributed by atoms with E-state index in [0.29, 0.717) is 11.3 Å². The van der Waals surface area contributed by atoms with Gasteiger partial charge in [-0.25, -0.2) is 8.42 Å². The van der Waals surface area contributed by atoms with E-state index in [-0.39, 0.29) is 18.0 Å². The van der Waals surface area contributed by atoms with E-state index in [9.17, 15) is 8.42 Å². The van der Waals surface area contributed by atoms with E-state index in [1.807, 2.05) is 85.8 Å². The van der Waals surface area contributed by atoms with Gasteiger partial charge in [-0.05, 0) is 41.8 Å². The van der Waals surface area contributed by atoms with Crippen molar-refractivity contribution in [3.8, 4) is 0 Å². The third-order valence-corrected chi connectivity index (χ3v) is 6.99. The molecule has 4 rings (SSSR count). The van der Waals surface area contributed by atoms with Crippen molar-refractivity contribution in [3.05, 3.63) is 120 Å². The van der Waals surface area contributed by atoms with E-state index in [0.717, 1.165) is 16.7 Å². The minimum absolute atomic E-state index is 0.151. The second kappa shape index (κ2) is 8.92. The Kier molecular flexibility index (Phi) is 6.07. The van der Waals surface area contributed by atoms with Crippen molar-refractivity contribution in [1.29, 1.82) is 0 Å². The fraction of sp³-hybridized carbons (Fsp3) is 0.154. The zero-order valence-corrected chi connectivity index (χ0v) is 18.3. The lowest BCUT2D eigenvalue weighted by Crippen LogP contribution is -2.34. The maximum absolute atomic E-state index is 13.7. The predicted molar refractivity (Wildman–Crippen MR) is 124 cm³/mol. The van der Waals surface area contributed by atoms with Crippen LogP contribution >= 0.6 is 0 Å². The van der Waals surface area contributed by atoms with Gasteiger partial charge in [0.2, 0.25) is 0 Å². The molecule has 1 aliphatic rings. The van der Waals surface area contributed by atoms with Crippen LogP contribution in [-0.4, -0.2) is 25.9 Å². The van der Waals surface area contributed by atoms with Gasteiger partial charge < -0.3 is 4.74 Å². The average molecular weight is 432 g/mol. The van der Waals surface area contributed by atoms with Crippen LogP contribution in [0.3, 0.4) is 0 Å². The summed E-state index contributed by atoms with van der Waals surface area (Å²) in [5.41, 5.74) is 4.04. The van der Waals surface area contributed by atoms with E-state index >= 15 is 0 Å². The smallest absolute Gasteiger partial charge is 0.264 e. The number of benzene rings is 3. The highest BCUT2D eigenvalue weighted by molar-refractivity contribution is 7.89. The van der Waals surface area contributed by atoms with Gasteiger partial charge in [0.1, 0.15) is 6.10 Å². The highest BCUT2D eigenvalue weighted by Crippen LogP contribution is 2.33. The van der Waals surface area contributed by atoms with E-state index in [2.05, 4.69) is 6.58 Å². The monoisotopic (exact) mass is 431 g/mol. The number of rotatable bonds is 4. The van der Waals surface area contributed by atoms with Crippen molar-refractivity contribution in [3.63, 3.8) is 0 Å². The van der Waals surface area contributed by atoms with Crippen molar-refractivity contribution in [2.24, 2.45) is 0 Å². The first kappa shape index (κ1) is 21.1. The summed E-state index contributed by atoms with van der Waals surface area (Å²) in [5, 5.41) is 0. The third-order valence-electron chi connectivity index (χ3n) is 5.22. The van der Waals surface area contributed by atoms with E-state index in [4.69, 9.17) is 4.74 Å². The zero-order chi connectivity index (χ0) is 21.8. The van der Waals surface area contributed by atoms with Crippen LogP contribution in [0, 0.1) is 6.92 Å². The van der Waals surface area contributed by atoms with Crippen molar-refractivity contribution in [2.45, 2.75) is 17.9 Å². The molecule has 1 aliphatic heterocycles. The van der Waals surface area contributed by atoms with Gasteiger partial charge in [-0.1, -0.05) is 84.9 Å². The standard InChI is InChI=1S/C26H25NO3S/c1-20-13-15-24(16-14-20)31(28,29)27-18-21(2)19-30-26(23-11-7-4-8-12-23)17-25(27)22-9-5-3-6-10-22/h3-17,26H,2,18-19H2,1H3/b25-17-. The highest BCUT2D eigenvalue weighted by atomic mass is 32.2. The van der Waals surface area contributed by atoms with Crippen LogP contribution in [0.2, 0.25) is 0 Å². The third kappa shape index (κ3) is 4.63. The molecule has 0 aromatic heterocycles. The Morgan fingerprint density at radius 1 is 0.903 bits per heavy atom. The van der Waals surface area contributed by atoms with Gasteiger partial charge in [0.05, 0.1) is 23.7 Å². The minimum atomic E-state index is -3.81. The quantitative estimate of drug-likeness (QED) is 0.523. The van der Waals surface area contributed by atoms with Crippen LogP contribution in [-0.2, 0) is 14.8 Å². The summed E-state index contributed by atoms with van der Waals surface area (Å²) in [4.78, 5) is 0.255. The molecule has 0 bridgehead atoms. The summed E-state index contributed by atoms with van der Waals surface area (Å²) in [7, 11) is -3.81. The lowest BCUT2D eigenvalue weighted by molar-refractivity contribution is 0.100. The molecule has 0 radical (unpaired) electrons. The molecule has 1 heterocycles. The first-order valence-corrected chi connectivity index (χ1v) is 11.6. The second-order valence-corrected chi connectivity index (χ2v) is 9.50. The molecule has 0 N–H and O–H groups in total. The van der Waals surface area contributed by atoms with Crippen molar-refractivity contribution >= 4 is 15.7 Å². The summed E-state index contributed by atoms with van der Waals surface area (Å²) in [5.74, 6) is 0. The van der Waals surface area contributed by atoms with Gasteiger partial charge >= 0.3 is 0 Å². The average Bonchev–Trinajstić information content (AvgIpc) is 2.78. The number of ether oxygens (including phenoxy) is 1. The molecule has 158 valence electrons. The largest absolute Gasteiger partial charge is 0.365 e. The molecule has 5 heteroatoms. The molecule has 0 spiro atoms. The Balaban J connectivity index is 1.89. The zero-order valence-electron chi connectivity index (χ0n) is 17.4. The van der Waals surface area contributed by atoms with Crippen LogP contribution in [0.15, 0.2) is 108 Å². The Hall–Kier alpha value is -3.15. The molecule has 1 unspecified atom stereocenters. The summed E-state index contributed by atoms with van der Waals surface area (Å²) in [6, 6.07) is 26.3. The molecule has 0 fully saturated rings. The summed E-state index contributed by atoms with van der Waals surface area (Å²) in [6.07, 6.45) is 1.49. The summed E-state index contributed by atoms with van der Waals surface area (Å²) in [6.45, 7) is 6.45. The molecule has 0 amide bonds. The molecule has 3 aromatic carbocycles. The van der Waals surface area contributed by atoms with Crippen LogP contribution in [0.5, 0.6) is 0 Å². The molecule has 0 saturated heterocycles. The van der Waals surface area contributed by atoms with Gasteiger partial charge in [-0.2, -0.15) is 0 Å². The number of sulfonamides is 1. The Labute approximate surface area is 184 Å². The molecule has 31 heavy (non-hydrogen) atoms. The van der Waals surface area contributed by atoms with Crippen LogP contribution in [0.4, 0.5) is 0 Å². The summed E-state index contributed by atoms with van der Waals surface area (Å²) >= 11 is 0. The van der Waals surface area contributed by atoms with Gasteiger partial charge in [-0.3, -0.25) is 4.31 Å². The number of hydrogen-bond acceptors (Lipinski definition) is 3. The van der Waals surface area contributed by atoms with E-state index in [1.54, 1.807) is 12.1 Å². The fourth-order valence-corrected chi connectivity index (χ4v) is 5.06. The van der Waals surface area contributed by atoms with Gasteiger partial charge in [0.15, 0.2) is 0 Å². The van der Waals surface area contributed by atoms with Gasteiger partial charge in [0, 0.05) is 0 Å². The maximum atomic E-state index is 13.7. The van der Waals surface area contributed by atoms with Crippen LogP contribution in [0.25, 0.3) is 5.70 Å². The molecular weight excluding hydrogens is 406 g/mol. The van der Waals surface area contributed by atoms with E-state index < -0.39 is 16.1 Å². The van der Waals surface area contributed by atoms with Crippen molar-refractivity contribution < 1.29 is 13.2 Å². The lowest BCUT2D eigenvalue weighted by Gasteiger charge is -2.32. The van der Waals surface area contributed by atoms with Gasteiger partial charge in [0.25, 0.3) is 10.0 Å². The first-order valence-electron chi connectivity index (χ1n) is 10.1. The molecule has 0 saturated carbocycles. The Morgan fingerprint density at radius 3 is 2.16 bits per heavy atom. The highest BCUT2D eigenvalue weighted by Gasteiger charge is 2.30. The van der Waals surface area contributed by atoms with Crippen molar-refractivity contribution in [2.75, 3.05) is 13.2 Å². The normalized spacial score (nSPS) is 19.3. The SMILES string of the molecule is C=C1COC(c2ccccc2)/C=C(/c2ccccc2)N(S(=O)(=O)c2ccc(C)cc2)C1. The topological polar surface area (TPSA) is 46.6 Å².